The van der Waals surface area contributed by atoms with E-state index in [2.05, 4.69) is 14.6 Å². The molecule has 5 nitrogen and oxygen atoms in total. The normalized spacial score (nSPS) is 12.6. The van der Waals surface area contributed by atoms with Crippen LogP contribution in [0.25, 0.3) is 0 Å². The molecule has 0 saturated heterocycles. The van der Waals surface area contributed by atoms with Crippen LogP contribution in [0.5, 0.6) is 0 Å². The summed E-state index contributed by atoms with van der Waals surface area (Å²) >= 11 is 0. The highest BCUT2D eigenvalue weighted by atomic mass is 31.2. The molecule has 2 unspecified atom stereocenters. The predicted octanol–water partition coefficient (Wildman–Crippen LogP) is 0.278. The molecule has 0 aliphatic carbocycles. The molecule has 0 fully saturated rings. The molecule has 0 saturated carbocycles. The van der Waals surface area contributed by atoms with E-state index in [9.17, 15) is 9.36 Å². The number of carbonyl (C=O) groups is 1. The molecule has 8 heavy (non-hydrogen) atoms. The van der Waals surface area contributed by atoms with Crippen LogP contribution in [0, 0.1) is 0 Å². The zero-order chi connectivity index (χ0) is 6.57. The quantitative estimate of drug-likeness (QED) is 0.583. The summed E-state index contributed by atoms with van der Waals surface area (Å²) in [4.78, 5) is 9.70. The van der Waals surface area contributed by atoms with Gasteiger partial charge in [0.2, 0.25) is 0 Å². The highest BCUT2D eigenvalue weighted by molar-refractivity contribution is 7.40. The number of rotatable bonds is 2. The molecule has 0 radical (unpaired) electrons. The number of hydrogen-bond acceptors (Lipinski definition) is 4. The van der Waals surface area contributed by atoms with Crippen LogP contribution in [-0.2, 0) is 13.4 Å². The average molecular weight is 157 g/mol. The summed E-state index contributed by atoms with van der Waals surface area (Å²) in [5.74, 6) is 0. The van der Waals surface area contributed by atoms with Gasteiger partial charge in [-0.2, -0.15) is 0 Å². The molecule has 0 aliphatic heterocycles. The standard InChI is InChI=1S/CH5NO4P2/c2-1(3)5-8(4)6-7/h8H,7H2,(H2,2,3). The molecule has 0 aromatic heterocycles. The number of primary amides is 1. The maximum atomic E-state index is 10.0. The fourth-order valence-corrected chi connectivity index (χ4v) is 0.463. The first-order chi connectivity index (χ1) is 3.66. The SMILES string of the molecule is NC(=O)O[PH](=O)OP. The van der Waals surface area contributed by atoms with E-state index in [4.69, 9.17) is 0 Å². The maximum absolute atomic E-state index is 10.0. The van der Waals surface area contributed by atoms with Crippen molar-refractivity contribution in [2.24, 2.45) is 5.73 Å². The minimum atomic E-state index is -2.69. The topological polar surface area (TPSA) is 78.6 Å². The van der Waals surface area contributed by atoms with Crippen molar-refractivity contribution >= 4 is 23.8 Å². The van der Waals surface area contributed by atoms with Crippen molar-refractivity contribution in [3.8, 4) is 0 Å². The third-order valence-electron chi connectivity index (χ3n) is 0.280. The summed E-state index contributed by atoms with van der Waals surface area (Å²) in [5, 5.41) is 0. The van der Waals surface area contributed by atoms with E-state index in [0.29, 0.717) is 0 Å². The molecule has 0 bridgehead atoms. The molecular weight excluding hydrogens is 152 g/mol. The first-order valence-corrected chi connectivity index (χ1v) is 3.24. The summed E-state index contributed by atoms with van der Waals surface area (Å²) in [5.41, 5.74) is 4.44. The number of hydrogen-bond donors (Lipinski definition) is 1. The van der Waals surface area contributed by atoms with Crippen LogP contribution in [0.15, 0.2) is 0 Å². The summed E-state index contributed by atoms with van der Waals surface area (Å²) in [6, 6.07) is 0. The van der Waals surface area contributed by atoms with Crippen molar-refractivity contribution in [1.82, 2.24) is 0 Å². The van der Waals surface area contributed by atoms with Crippen molar-refractivity contribution in [3.63, 3.8) is 0 Å². The Hall–Kier alpha value is -0.110. The zero-order valence-electron chi connectivity index (χ0n) is 3.79. The van der Waals surface area contributed by atoms with Crippen molar-refractivity contribution in [1.29, 1.82) is 0 Å². The van der Waals surface area contributed by atoms with E-state index in [1.807, 2.05) is 0 Å². The Balaban J connectivity index is 3.40. The van der Waals surface area contributed by atoms with Crippen molar-refractivity contribution in [2.45, 2.75) is 0 Å². The van der Waals surface area contributed by atoms with Gasteiger partial charge in [-0.1, -0.05) is 0 Å². The van der Waals surface area contributed by atoms with Gasteiger partial charge in [-0.15, -0.1) is 0 Å². The Morgan fingerprint density at radius 2 is 2.25 bits per heavy atom. The van der Waals surface area contributed by atoms with Gasteiger partial charge in [0.15, 0.2) is 0 Å². The predicted molar refractivity (Wildman–Crippen MR) is 30.5 cm³/mol. The summed E-state index contributed by atoms with van der Waals surface area (Å²) < 4.78 is 17.9. The lowest BCUT2D eigenvalue weighted by atomic mass is 11.3. The lowest BCUT2D eigenvalue weighted by Gasteiger charge is -1.94. The van der Waals surface area contributed by atoms with E-state index in [-0.39, 0.29) is 0 Å². The van der Waals surface area contributed by atoms with Crippen LogP contribution in [0.2, 0.25) is 0 Å². The van der Waals surface area contributed by atoms with Crippen LogP contribution in [0.1, 0.15) is 0 Å². The van der Waals surface area contributed by atoms with Gasteiger partial charge < -0.3 is 10.3 Å². The second kappa shape index (κ2) is 3.84. The van der Waals surface area contributed by atoms with E-state index >= 15 is 0 Å². The third-order valence-corrected chi connectivity index (χ3v) is 1.42. The molecule has 0 aromatic carbocycles. The van der Waals surface area contributed by atoms with Gasteiger partial charge in [0.05, 0.1) is 0 Å². The Bertz CT molecular complexity index is 113. The van der Waals surface area contributed by atoms with Gasteiger partial charge in [0.1, 0.15) is 0 Å². The monoisotopic (exact) mass is 157 g/mol. The average Bonchev–Trinajstić information content (AvgIpc) is 1.65. The second-order valence-corrected chi connectivity index (χ2v) is 2.44. The molecule has 0 aliphatic rings. The summed E-state index contributed by atoms with van der Waals surface area (Å²) in [6.45, 7) is 0. The van der Waals surface area contributed by atoms with Crippen LogP contribution in [0.4, 0.5) is 4.79 Å². The minimum Gasteiger partial charge on any atom is -0.377 e. The number of nitrogens with two attached hydrogens (primary N) is 1. The first kappa shape index (κ1) is 7.89. The molecule has 0 rings (SSSR count). The smallest absolute Gasteiger partial charge is 0.377 e. The highest BCUT2D eigenvalue weighted by Gasteiger charge is 1.98. The van der Waals surface area contributed by atoms with Crippen LogP contribution in [0.3, 0.4) is 0 Å². The van der Waals surface area contributed by atoms with E-state index in [1.165, 1.54) is 0 Å². The Morgan fingerprint density at radius 1 is 1.75 bits per heavy atom. The largest absolute Gasteiger partial charge is 0.410 e. The van der Waals surface area contributed by atoms with Gasteiger partial charge in [-0.25, -0.2) is 9.36 Å². The van der Waals surface area contributed by atoms with Crippen molar-refractivity contribution in [2.75, 3.05) is 0 Å². The Labute approximate surface area is 48.8 Å². The lowest BCUT2D eigenvalue weighted by Crippen LogP contribution is -2.07. The van der Waals surface area contributed by atoms with E-state index < -0.39 is 14.3 Å². The Morgan fingerprint density at radius 3 is 2.38 bits per heavy atom. The first-order valence-electron chi connectivity index (χ1n) is 1.54. The fourth-order valence-electron chi connectivity index (χ4n) is 0.106. The highest BCUT2D eigenvalue weighted by Crippen LogP contribution is 2.25. The fraction of sp³-hybridized carbons (Fsp3) is 0. The number of carbonyl (C=O) groups excluding carboxylic acids is 1. The molecule has 2 N–H and O–H groups in total. The molecule has 0 spiro atoms. The van der Waals surface area contributed by atoms with Crippen LogP contribution in [-0.4, -0.2) is 6.09 Å². The Kier molecular flexibility index (Phi) is 3.79. The van der Waals surface area contributed by atoms with Gasteiger partial charge in [-0.05, 0) is 0 Å². The second-order valence-electron chi connectivity index (χ2n) is 0.789. The zero-order valence-corrected chi connectivity index (χ0v) is 5.94. The number of amides is 1. The molecular formula is CH5NO4P2. The van der Waals surface area contributed by atoms with E-state index in [1.54, 1.807) is 9.47 Å². The lowest BCUT2D eigenvalue weighted by molar-refractivity contribution is 0.209. The molecule has 48 valence electrons. The molecule has 0 aromatic rings. The van der Waals surface area contributed by atoms with Crippen LogP contribution < -0.4 is 5.73 Å². The van der Waals surface area contributed by atoms with Gasteiger partial charge in [0, 0.05) is 9.47 Å². The van der Waals surface area contributed by atoms with Crippen molar-refractivity contribution < 1.29 is 18.2 Å². The molecule has 7 heteroatoms. The molecule has 2 atom stereocenters. The van der Waals surface area contributed by atoms with Crippen LogP contribution >= 0.6 is 17.7 Å². The summed E-state index contributed by atoms with van der Waals surface area (Å²) in [7, 11) is -1.01. The minimum absolute atomic E-state index is 1.10. The van der Waals surface area contributed by atoms with Gasteiger partial charge in [-0.3, -0.25) is 4.31 Å². The third kappa shape index (κ3) is 4.06. The maximum Gasteiger partial charge on any atom is 0.410 e. The van der Waals surface area contributed by atoms with Crippen molar-refractivity contribution in [3.05, 3.63) is 0 Å². The molecule has 1 amide bonds. The molecule has 0 heterocycles. The van der Waals surface area contributed by atoms with Gasteiger partial charge >= 0.3 is 14.3 Å². The van der Waals surface area contributed by atoms with E-state index in [0.717, 1.165) is 0 Å². The van der Waals surface area contributed by atoms with Gasteiger partial charge in [0.25, 0.3) is 0 Å². The summed E-state index contributed by atoms with van der Waals surface area (Å²) in [6.07, 6.45) is -1.10.